The Bertz CT molecular complexity index is 2260. The first kappa shape index (κ1) is 42.4. The number of hydrogen-bond donors (Lipinski definition) is 4. The van der Waals surface area contributed by atoms with Gasteiger partial charge in [0, 0.05) is 66.9 Å². The molecule has 0 saturated carbocycles. The average molecular weight is 828 g/mol. The molecule has 0 spiro atoms. The fraction of sp³-hybridized carbons (Fsp3) is 0.310. The van der Waals surface area contributed by atoms with Gasteiger partial charge in [-0.1, -0.05) is 56.2 Å². The maximum absolute atomic E-state index is 13.5. The standard InChI is InChI=1S/C42H49N7O7S2/c1-42(2,3)28-23-35(39(55-5)37(24-28)57(6)52)47-41(51)46-34-11-12-36(33-10-8-7-9-32(33)34)56-30-13-14-44-38(26-30)49(43)29-21-27(22-31(25-29)54-4)40(50)45-15-16-48-17-19-58(53)20-18-48/h7-14,21-26H,15-20,43H2,1-6H3,(H,45,50)(H2,46,47,51). The van der Waals surface area contributed by atoms with Gasteiger partial charge in [-0.2, -0.15) is 0 Å². The molecule has 3 amide bonds. The van der Waals surface area contributed by atoms with Gasteiger partial charge in [0.1, 0.15) is 35.0 Å². The first-order valence-corrected chi connectivity index (χ1v) is 21.7. The lowest BCUT2D eigenvalue weighted by Crippen LogP contribution is -2.43. The number of hydrazine groups is 1. The van der Waals surface area contributed by atoms with E-state index in [1.54, 1.807) is 54.9 Å². The molecule has 1 saturated heterocycles. The summed E-state index contributed by atoms with van der Waals surface area (Å²) in [5.41, 5.74) is 2.40. The number of nitrogens with one attached hydrogen (secondary N) is 3. The molecular weight excluding hydrogens is 779 g/mol. The predicted molar refractivity (Wildman–Crippen MR) is 231 cm³/mol. The summed E-state index contributed by atoms with van der Waals surface area (Å²) < 4.78 is 41.8. The quantitative estimate of drug-likeness (QED) is 0.0574. The summed E-state index contributed by atoms with van der Waals surface area (Å²) in [4.78, 5) is 33.8. The van der Waals surface area contributed by atoms with Crippen molar-refractivity contribution in [2.75, 3.05) is 73.8 Å². The number of nitrogens with zero attached hydrogens (tertiary/aromatic N) is 3. The van der Waals surface area contributed by atoms with Crippen LogP contribution in [0.1, 0.15) is 36.7 Å². The number of benzene rings is 4. The van der Waals surface area contributed by atoms with Crippen LogP contribution in [0, 0.1) is 0 Å². The van der Waals surface area contributed by atoms with E-state index in [2.05, 4.69) is 25.8 Å². The molecule has 6 rings (SSSR count). The zero-order valence-corrected chi connectivity index (χ0v) is 35.1. The number of amides is 3. The Kier molecular flexibility index (Phi) is 13.6. The summed E-state index contributed by atoms with van der Waals surface area (Å²) in [5, 5.41) is 11.6. The number of pyridine rings is 1. The summed E-state index contributed by atoms with van der Waals surface area (Å²) >= 11 is -2.12. The molecule has 306 valence electrons. The van der Waals surface area contributed by atoms with Gasteiger partial charge in [0.2, 0.25) is 0 Å². The molecule has 0 bridgehead atoms. The van der Waals surface area contributed by atoms with Crippen LogP contribution in [0.5, 0.6) is 23.0 Å². The van der Waals surface area contributed by atoms with Crippen molar-refractivity contribution < 1.29 is 32.9 Å². The minimum atomic E-state index is -1.36. The van der Waals surface area contributed by atoms with Gasteiger partial charge < -0.3 is 39.3 Å². The highest BCUT2D eigenvalue weighted by Crippen LogP contribution is 2.39. The smallest absolute Gasteiger partial charge is 0.323 e. The molecule has 2 heterocycles. The number of methoxy groups -OCH3 is 2. The third-order valence-electron chi connectivity index (χ3n) is 9.66. The van der Waals surface area contributed by atoms with Gasteiger partial charge in [-0.25, -0.2) is 15.6 Å². The van der Waals surface area contributed by atoms with Crippen molar-refractivity contribution in [1.82, 2.24) is 15.2 Å². The van der Waals surface area contributed by atoms with Crippen molar-refractivity contribution in [2.45, 2.75) is 31.1 Å². The highest BCUT2D eigenvalue weighted by molar-refractivity contribution is 7.91. The van der Waals surface area contributed by atoms with Crippen LogP contribution in [0.3, 0.4) is 0 Å². The Labute approximate surface area is 344 Å². The van der Waals surface area contributed by atoms with E-state index in [1.807, 2.05) is 57.2 Å². The number of carbonyl (C=O) groups is 2. The summed E-state index contributed by atoms with van der Waals surface area (Å²) in [6.45, 7) is 8.72. The van der Waals surface area contributed by atoms with E-state index in [0.29, 0.717) is 80.9 Å². The monoisotopic (exact) mass is 827 g/mol. The van der Waals surface area contributed by atoms with Gasteiger partial charge in [0.15, 0.2) is 16.5 Å². The number of aromatic nitrogens is 1. The van der Waals surface area contributed by atoms with E-state index in [4.69, 9.17) is 20.1 Å². The molecule has 1 fully saturated rings. The summed E-state index contributed by atoms with van der Waals surface area (Å²) in [6, 6.07) is 22.6. The van der Waals surface area contributed by atoms with Gasteiger partial charge in [0.25, 0.3) is 5.91 Å². The molecule has 1 unspecified atom stereocenters. The molecule has 16 heteroatoms. The molecule has 1 aliphatic rings. The van der Waals surface area contributed by atoms with E-state index >= 15 is 0 Å². The highest BCUT2D eigenvalue weighted by atomic mass is 32.2. The topological polar surface area (TPSA) is 189 Å². The summed E-state index contributed by atoms with van der Waals surface area (Å²) in [7, 11) is 3.00. The maximum atomic E-state index is 13.5. The van der Waals surface area contributed by atoms with Crippen molar-refractivity contribution in [1.29, 1.82) is 0 Å². The van der Waals surface area contributed by atoms with Crippen molar-refractivity contribution in [2.24, 2.45) is 5.84 Å². The normalized spacial score (nSPS) is 14.1. The lowest BCUT2D eigenvalue weighted by molar-refractivity contribution is 0.0948. The predicted octanol–water partition coefficient (Wildman–Crippen LogP) is 6.53. The van der Waals surface area contributed by atoms with Crippen LogP contribution in [-0.2, 0) is 27.8 Å². The molecular formula is C42H49N7O7S2. The second-order valence-electron chi connectivity index (χ2n) is 14.7. The van der Waals surface area contributed by atoms with Crippen LogP contribution < -0.4 is 41.0 Å². The number of nitrogens with two attached hydrogens (primary N) is 1. The Morgan fingerprint density at radius 3 is 2.34 bits per heavy atom. The fourth-order valence-corrected chi connectivity index (χ4v) is 8.33. The minimum absolute atomic E-state index is 0.271. The Morgan fingerprint density at radius 1 is 0.931 bits per heavy atom. The third kappa shape index (κ3) is 10.2. The number of ether oxygens (including phenoxy) is 3. The summed E-state index contributed by atoms with van der Waals surface area (Å²) in [6.07, 6.45) is 3.15. The molecule has 0 radical (unpaired) electrons. The molecule has 0 aliphatic carbocycles. The molecule has 14 nitrogen and oxygen atoms in total. The van der Waals surface area contributed by atoms with Crippen LogP contribution in [0.15, 0.2) is 90.0 Å². The maximum Gasteiger partial charge on any atom is 0.323 e. The summed E-state index contributed by atoms with van der Waals surface area (Å²) in [5.74, 6) is 9.71. The van der Waals surface area contributed by atoms with Crippen molar-refractivity contribution in [3.05, 3.63) is 96.2 Å². The number of carbonyl (C=O) groups excluding carboxylic acids is 2. The highest BCUT2D eigenvalue weighted by Gasteiger charge is 2.26. The molecule has 1 atom stereocenters. The first-order chi connectivity index (χ1) is 27.7. The SMILES string of the molecule is COc1cc(C(=O)NCCN2CC[S+]([O-])CC2)cc(N(N)c2cc(Oc3ccc(NC(=O)Nc4cc(C(C)(C)C)cc([S+](C)[O-])c4OC)c4ccccc34)ccn2)c1. The van der Waals surface area contributed by atoms with Crippen molar-refractivity contribution in [3.8, 4) is 23.0 Å². The largest absolute Gasteiger partial charge is 0.616 e. The van der Waals surface area contributed by atoms with E-state index in [0.717, 1.165) is 29.4 Å². The van der Waals surface area contributed by atoms with Crippen molar-refractivity contribution >= 4 is 67.9 Å². The van der Waals surface area contributed by atoms with Gasteiger partial charge >= 0.3 is 6.03 Å². The molecule has 1 aliphatic heterocycles. The lowest BCUT2D eigenvalue weighted by Gasteiger charge is -2.27. The van der Waals surface area contributed by atoms with Crippen LogP contribution in [0.2, 0.25) is 0 Å². The van der Waals surface area contributed by atoms with Crippen LogP contribution in [-0.4, -0.2) is 89.1 Å². The van der Waals surface area contributed by atoms with Crippen LogP contribution in [0.4, 0.5) is 27.7 Å². The first-order valence-electron chi connectivity index (χ1n) is 18.6. The minimum Gasteiger partial charge on any atom is -0.616 e. The zero-order valence-electron chi connectivity index (χ0n) is 33.4. The molecule has 5 aromatic rings. The molecule has 4 aromatic carbocycles. The Hall–Kier alpha value is -5.23. The third-order valence-corrected chi connectivity index (χ3v) is 11.9. The Morgan fingerprint density at radius 2 is 1.66 bits per heavy atom. The van der Waals surface area contributed by atoms with Crippen molar-refractivity contribution in [3.63, 3.8) is 0 Å². The Balaban J connectivity index is 1.18. The van der Waals surface area contributed by atoms with Crippen LogP contribution >= 0.6 is 0 Å². The fourth-order valence-electron chi connectivity index (χ4n) is 6.45. The van der Waals surface area contributed by atoms with Gasteiger partial charge in [-0.15, -0.1) is 0 Å². The number of rotatable bonds is 13. The van der Waals surface area contributed by atoms with Crippen LogP contribution in [0.25, 0.3) is 10.8 Å². The number of anilines is 4. The van der Waals surface area contributed by atoms with Gasteiger partial charge in [-0.3, -0.25) is 14.7 Å². The molecule has 5 N–H and O–H groups in total. The second-order valence-corrected chi connectivity index (χ2v) is 17.7. The zero-order chi connectivity index (χ0) is 41.6. The van der Waals surface area contributed by atoms with Gasteiger partial charge in [0.05, 0.1) is 31.3 Å². The van der Waals surface area contributed by atoms with E-state index < -0.39 is 28.4 Å². The second kappa shape index (κ2) is 18.6. The lowest BCUT2D eigenvalue weighted by atomic mass is 9.86. The van der Waals surface area contributed by atoms with Gasteiger partial charge in [-0.05, 0) is 58.6 Å². The molecule has 1 aromatic heterocycles. The number of fused-ring (bicyclic) bond motifs is 1. The van der Waals surface area contributed by atoms with E-state index in [1.165, 1.54) is 19.2 Å². The average Bonchev–Trinajstić information content (AvgIpc) is 3.21. The van der Waals surface area contributed by atoms with E-state index in [9.17, 15) is 18.7 Å². The number of hydrogen-bond acceptors (Lipinski definition) is 11. The molecule has 58 heavy (non-hydrogen) atoms. The van der Waals surface area contributed by atoms with E-state index in [-0.39, 0.29) is 11.3 Å². The number of urea groups is 1.